The third-order valence-corrected chi connectivity index (χ3v) is 4.16. The Morgan fingerprint density at radius 3 is 2.95 bits per heavy atom. The Morgan fingerprint density at radius 1 is 1.26 bits per heavy atom. The quantitative estimate of drug-likeness (QED) is 0.883. The zero-order valence-electron chi connectivity index (χ0n) is 11.6. The van der Waals surface area contributed by atoms with Crippen molar-refractivity contribution >= 4 is 0 Å². The number of nitrogens with one attached hydrogen (secondary N) is 1. The van der Waals surface area contributed by atoms with Gasteiger partial charge in [-0.2, -0.15) is 0 Å². The van der Waals surface area contributed by atoms with Gasteiger partial charge in [-0.3, -0.25) is 0 Å². The number of fused-ring (bicyclic) bond motifs is 1. The molecule has 2 heteroatoms. The molecular formula is C17H21NO. The predicted molar refractivity (Wildman–Crippen MR) is 77.1 cm³/mol. The van der Waals surface area contributed by atoms with Gasteiger partial charge in [-0.15, -0.1) is 0 Å². The maximum atomic E-state index is 5.56. The van der Waals surface area contributed by atoms with Crippen molar-refractivity contribution in [1.29, 1.82) is 0 Å². The first-order valence-corrected chi connectivity index (χ1v) is 7.13. The first-order valence-electron chi connectivity index (χ1n) is 7.13. The Kier molecular flexibility index (Phi) is 3.43. The van der Waals surface area contributed by atoms with Crippen LogP contribution in [-0.2, 0) is 6.42 Å². The Labute approximate surface area is 114 Å². The number of benzene rings is 1. The van der Waals surface area contributed by atoms with Gasteiger partial charge >= 0.3 is 0 Å². The first kappa shape index (κ1) is 12.5. The summed E-state index contributed by atoms with van der Waals surface area (Å²) in [4.78, 5) is 0. The molecule has 0 radical (unpaired) electrons. The molecule has 2 unspecified atom stereocenters. The van der Waals surface area contributed by atoms with Gasteiger partial charge in [-0.1, -0.05) is 24.3 Å². The van der Waals surface area contributed by atoms with E-state index in [2.05, 4.69) is 49.5 Å². The maximum Gasteiger partial charge on any atom is 0.108 e. The highest BCUT2D eigenvalue weighted by atomic mass is 16.3. The summed E-state index contributed by atoms with van der Waals surface area (Å²) in [5.74, 6) is 1.17. The Bertz CT molecular complexity index is 558. The van der Waals surface area contributed by atoms with Gasteiger partial charge in [0.15, 0.2) is 0 Å². The van der Waals surface area contributed by atoms with Gasteiger partial charge in [-0.05, 0) is 43.9 Å². The van der Waals surface area contributed by atoms with Gasteiger partial charge in [0.05, 0.1) is 6.26 Å². The molecule has 1 N–H and O–H groups in total. The molecule has 2 nitrogen and oxygen atoms in total. The zero-order chi connectivity index (χ0) is 13.2. The molecular weight excluding hydrogens is 234 g/mol. The van der Waals surface area contributed by atoms with E-state index in [4.69, 9.17) is 4.42 Å². The summed E-state index contributed by atoms with van der Waals surface area (Å²) in [6.07, 6.45) is 5.31. The lowest BCUT2D eigenvalue weighted by atomic mass is 9.92. The average molecular weight is 255 g/mol. The van der Waals surface area contributed by atoms with Crippen LogP contribution in [0.15, 0.2) is 41.0 Å². The van der Waals surface area contributed by atoms with Gasteiger partial charge < -0.3 is 9.73 Å². The van der Waals surface area contributed by atoms with Crippen LogP contribution >= 0.6 is 0 Å². The minimum Gasteiger partial charge on any atom is -0.469 e. The second kappa shape index (κ2) is 5.22. The standard InChI is InChI=1S/C17H21NO/c1-12-6-3-4-7-14(12)13(2)18-16-8-5-9-17-15(16)10-11-19-17/h3-4,6-7,10-11,13,16,18H,5,8-9H2,1-2H3. The third kappa shape index (κ3) is 2.45. The van der Waals surface area contributed by atoms with Crippen LogP contribution in [0.1, 0.15) is 54.3 Å². The summed E-state index contributed by atoms with van der Waals surface area (Å²) in [6, 6.07) is 11.5. The highest BCUT2D eigenvalue weighted by molar-refractivity contribution is 5.30. The van der Waals surface area contributed by atoms with Crippen LogP contribution in [0, 0.1) is 6.92 Å². The molecule has 0 bridgehead atoms. The van der Waals surface area contributed by atoms with Crippen LogP contribution in [-0.4, -0.2) is 0 Å². The second-order valence-electron chi connectivity index (χ2n) is 5.49. The molecule has 100 valence electrons. The van der Waals surface area contributed by atoms with Gasteiger partial charge in [0, 0.05) is 24.1 Å². The Hall–Kier alpha value is -1.54. The van der Waals surface area contributed by atoms with Gasteiger partial charge in [0.2, 0.25) is 0 Å². The number of furan rings is 1. The van der Waals surface area contributed by atoms with E-state index in [-0.39, 0.29) is 0 Å². The molecule has 19 heavy (non-hydrogen) atoms. The molecule has 1 aromatic carbocycles. The summed E-state index contributed by atoms with van der Waals surface area (Å²) in [5, 5.41) is 3.76. The van der Waals surface area contributed by atoms with Crippen molar-refractivity contribution in [3.05, 3.63) is 59.0 Å². The maximum absolute atomic E-state index is 5.56. The van der Waals surface area contributed by atoms with Crippen LogP contribution in [0.5, 0.6) is 0 Å². The minimum absolute atomic E-state index is 0.368. The number of aryl methyl sites for hydroxylation is 2. The number of rotatable bonds is 3. The van der Waals surface area contributed by atoms with Crippen molar-refractivity contribution in [3.8, 4) is 0 Å². The molecule has 1 aliphatic carbocycles. The van der Waals surface area contributed by atoms with E-state index in [1.807, 2.05) is 6.26 Å². The second-order valence-corrected chi connectivity index (χ2v) is 5.49. The van der Waals surface area contributed by atoms with Crippen LogP contribution in [0.4, 0.5) is 0 Å². The molecule has 0 saturated carbocycles. The lowest BCUT2D eigenvalue weighted by Crippen LogP contribution is -2.27. The van der Waals surface area contributed by atoms with Crippen LogP contribution in [0.2, 0.25) is 0 Å². The van der Waals surface area contributed by atoms with Crippen molar-refractivity contribution in [2.24, 2.45) is 0 Å². The van der Waals surface area contributed by atoms with E-state index in [1.165, 1.54) is 35.3 Å². The third-order valence-electron chi connectivity index (χ3n) is 4.16. The molecule has 2 aromatic rings. The molecule has 1 aromatic heterocycles. The monoisotopic (exact) mass is 255 g/mol. The fraction of sp³-hybridized carbons (Fsp3) is 0.412. The summed E-state index contributed by atoms with van der Waals surface area (Å²) >= 11 is 0. The predicted octanol–water partition coefficient (Wildman–Crippen LogP) is 4.32. The molecule has 0 aliphatic heterocycles. The SMILES string of the molecule is Cc1ccccc1C(C)NC1CCCc2occc21. The van der Waals surface area contributed by atoms with E-state index >= 15 is 0 Å². The lowest BCUT2D eigenvalue weighted by Gasteiger charge is -2.27. The molecule has 0 saturated heterocycles. The van der Waals surface area contributed by atoms with Crippen molar-refractivity contribution in [1.82, 2.24) is 5.32 Å². The van der Waals surface area contributed by atoms with Gasteiger partial charge in [0.25, 0.3) is 0 Å². The zero-order valence-corrected chi connectivity index (χ0v) is 11.6. The highest BCUT2D eigenvalue weighted by Crippen LogP contribution is 2.32. The summed E-state index contributed by atoms with van der Waals surface area (Å²) in [5.41, 5.74) is 4.09. The molecule has 3 rings (SSSR count). The van der Waals surface area contributed by atoms with E-state index in [0.29, 0.717) is 12.1 Å². The molecule has 1 heterocycles. The fourth-order valence-electron chi connectivity index (χ4n) is 3.12. The minimum atomic E-state index is 0.368. The van der Waals surface area contributed by atoms with Crippen molar-refractivity contribution in [2.75, 3.05) is 0 Å². The van der Waals surface area contributed by atoms with Crippen molar-refractivity contribution < 1.29 is 4.42 Å². The number of hydrogen-bond donors (Lipinski definition) is 1. The molecule has 0 fully saturated rings. The van der Waals surface area contributed by atoms with Gasteiger partial charge in [0.1, 0.15) is 5.76 Å². The molecule has 0 amide bonds. The van der Waals surface area contributed by atoms with E-state index < -0.39 is 0 Å². The highest BCUT2D eigenvalue weighted by Gasteiger charge is 2.24. The molecule has 0 spiro atoms. The normalized spacial score (nSPS) is 20.0. The van der Waals surface area contributed by atoms with Crippen molar-refractivity contribution in [2.45, 2.75) is 45.2 Å². The lowest BCUT2D eigenvalue weighted by molar-refractivity contribution is 0.385. The Balaban J connectivity index is 1.78. The number of hydrogen-bond acceptors (Lipinski definition) is 2. The van der Waals surface area contributed by atoms with Crippen LogP contribution < -0.4 is 5.32 Å². The smallest absolute Gasteiger partial charge is 0.108 e. The topological polar surface area (TPSA) is 25.2 Å². The van der Waals surface area contributed by atoms with Gasteiger partial charge in [-0.25, -0.2) is 0 Å². The largest absolute Gasteiger partial charge is 0.469 e. The Morgan fingerprint density at radius 2 is 2.11 bits per heavy atom. The molecule has 1 aliphatic rings. The summed E-state index contributed by atoms with van der Waals surface area (Å²) in [6.45, 7) is 4.42. The van der Waals surface area contributed by atoms with Crippen LogP contribution in [0.25, 0.3) is 0 Å². The fourth-order valence-corrected chi connectivity index (χ4v) is 3.12. The van der Waals surface area contributed by atoms with Crippen molar-refractivity contribution in [3.63, 3.8) is 0 Å². The average Bonchev–Trinajstić information content (AvgIpc) is 2.88. The summed E-state index contributed by atoms with van der Waals surface area (Å²) in [7, 11) is 0. The first-order chi connectivity index (χ1) is 9.25. The van der Waals surface area contributed by atoms with E-state index in [9.17, 15) is 0 Å². The van der Waals surface area contributed by atoms with E-state index in [0.717, 1.165) is 6.42 Å². The summed E-state index contributed by atoms with van der Waals surface area (Å²) < 4.78 is 5.56. The molecule has 2 atom stereocenters. The van der Waals surface area contributed by atoms with E-state index in [1.54, 1.807) is 0 Å². The van der Waals surface area contributed by atoms with Crippen LogP contribution in [0.3, 0.4) is 0 Å².